The van der Waals surface area contributed by atoms with Gasteiger partial charge in [0, 0.05) is 102 Å². The minimum Gasteiger partial charge on any atom is -0.298 e. The minimum atomic E-state index is 0.0597. The van der Waals surface area contributed by atoms with E-state index in [-0.39, 0.29) is 39.4 Å². The largest absolute Gasteiger partial charge is 0.298 e. The van der Waals surface area contributed by atoms with Gasteiger partial charge in [0.1, 0.15) is 18.9 Å². The number of rotatable bonds is 20. The van der Waals surface area contributed by atoms with Gasteiger partial charge in [0.05, 0.1) is 10.0 Å². The van der Waals surface area contributed by atoms with E-state index in [9.17, 15) is 47.9 Å². The fourth-order valence-corrected chi connectivity index (χ4v) is 11.7. The molecule has 118 heavy (non-hydrogen) atoms. The first kappa shape index (κ1) is 106. The zero-order chi connectivity index (χ0) is 88.2. The Labute approximate surface area is 757 Å². The lowest BCUT2D eigenvalue weighted by Gasteiger charge is -2.16. The van der Waals surface area contributed by atoms with E-state index in [1.165, 1.54) is 48.4 Å². The number of unbranched alkanes of at least 4 members (excludes halogenated alkanes) is 3. The SMILES string of the molecule is CC(C)(C)CC(=O)c1ccc(Br)cc1.CC(C)(C)CC(=O)c1ccc(I)cc1.CCCCCCc1ccc(C(C)=O)cc1.CCc1ccc(C(=O)CC(C)(C)C)cc1.O=Cc1cc(Cl)ccc1Cl.O=Cc1ccc(-c2ccccc2)cc1.O=Cc1ccc(Br)cc1.O=Cc1ccc(Cl)cc1.O=Cc1ccccc1Br.O=Cc1ccccc1Cl. The highest BCUT2D eigenvalue weighted by atomic mass is 127. The first-order chi connectivity index (χ1) is 55.9. The van der Waals surface area contributed by atoms with E-state index in [0.29, 0.717) is 79.0 Å². The molecule has 10 nitrogen and oxygen atoms in total. The molecule has 620 valence electrons. The quantitative estimate of drug-likeness (QED) is 0.0310. The normalized spacial score (nSPS) is 10.2. The highest BCUT2D eigenvalue weighted by Gasteiger charge is 2.19. The van der Waals surface area contributed by atoms with Crippen LogP contribution < -0.4 is 0 Å². The first-order valence-electron chi connectivity index (χ1n) is 38.0. The van der Waals surface area contributed by atoms with Gasteiger partial charge in [-0.15, -0.1) is 0 Å². The lowest BCUT2D eigenvalue weighted by atomic mass is 9.88. The van der Waals surface area contributed by atoms with Gasteiger partial charge in [0.25, 0.3) is 0 Å². The topological polar surface area (TPSA) is 171 Å². The van der Waals surface area contributed by atoms with Gasteiger partial charge < -0.3 is 0 Å². The van der Waals surface area contributed by atoms with Crippen LogP contribution >= 0.6 is 117 Å². The van der Waals surface area contributed by atoms with Crippen LogP contribution in [0.2, 0.25) is 20.1 Å². The fraction of sp³-hybridized carbons (Fsp3) is 0.240. The number of benzene rings is 11. The number of hydrogen-bond donors (Lipinski definition) is 0. The molecule has 18 heteroatoms. The third-order valence-electron chi connectivity index (χ3n) is 16.1. The molecule has 0 heterocycles. The third kappa shape index (κ3) is 47.9. The van der Waals surface area contributed by atoms with E-state index in [2.05, 4.69) is 171 Å². The molecular formula is C100H104Br3Cl4IO10. The number of ketones is 4. The lowest BCUT2D eigenvalue weighted by Crippen LogP contribution is -2.12. The molecule has 0 radical (unpaired) electrons. The van der Waals surface area contributed by atoms with Crippen molar-refractivity contribution in [2.24, 2.45) is 16.2 Å². The fourth-order valence-electron chi connectivity index (χ4n) is 9.82. The van der Waals surface area contributed by atoms with Crippen LogP contribution in [0.1, 0.15) is 243 Å². The number of aryl methyl sites for hydroxylation is 2. The molecule has 11 rings (SSSR count). The van der Waals surface area contributed by atoms with Crippen LogP contribution in [0.5, 0.6) is 0 Å². The van der Waals surface area contributed by atoms with E-state index in [1.807, 2.05) is 158 Å². The second kappa shape index (κ2) is 58.4. The van der Waals surface area contributed by atoms with Gasteiger partial charge in [0.15, 0.2) is 42.0 Å². The molecule has 11 aromatic carbocycles. The average molecular weight is 1970 g/mol. The molecular weight excluding hydrogens is 1870 g/mol. The summed E-state index contributed by atoms with van der Waals surface area (Å²) in [7, 11) is 0. The second-order valence-electron chi connectivity index (χ2n) is 30.1. The van der Waals surface area contributed by atoms with Gasteiger partial charge in [-0.1, -0.05) is 378 Å². The summed E-state index contributed by atoms with van der Waals surface area (Å²) in [6.07, 6.45) is 13.8. The van der Waals surface area contributed by atoms with Crippen LogP contribution in [-0.2, 0) is 12.8 Å². The zero-order valence-corrected chi connectivity index (χ0v) is 78.8. The van der Waals surface area contributed by atoms with Crippen molar-refractivity contribution in [2.75, 3.05) is 0 Å². The van der Waals surface area contributed by atoms with Crippen molar-refractivity contribution < 1.29 is 47.9 Å². The number of aldehydes is 6. The standard InChI is InChI=1S/2C14H20O.C13H10O.C12H15BrO.C12H15IO.2C7H5BrO.C7H4Cl2O.2C7H5ClO/c1-5-11-6-8-12(9-7-11)13(15)10-14(2,3)4;1-3-4-5-6-7-13-8-10-14(11-9-13)12(2)15;14-10-11-6-8-13(9-7-11)12-4-2-1-3-5-12;2*1-12(2,3)8-11(14)9-4-6-10(13)7-5-9;8-7-3-1-6(5-9)2-4-7;8-7-4-2-1-3-6(7)5-9;8-6-1-2-7(9)5(3-6)4-10;8-7-3-1-6(5-9)2-4-7;8-7-4-2-1-3-6(7)5-9/h6-9H,5,10H2,1-4H3;8-11H,3-7H2,1-2H3;1-10H;2*4-7H,8H2,1-3H3;2*1-5H;1-4H;2*1-5H. The van der Waals surface area contributed by atoms with Crippen LogP contribution in [0, 0.1) is 19.8 Å². The molecule has 0 amide bonds. The van der Waals surface area contributed by atoms with Crippen LogP contribution in [0.4, 0.5) is 0 Å². The smallest absolute Gasteiger partial charge is 0.163 e. The van der Waals surface area contributed by atoms with E-state index in [4.69, 9.17) is 46.4 Å². The van der Waals surface area contributed by atoms with Crippen molar-refractivity contribution in [1.29, 1.82) is 0 Å². The number of halogens is 8. The van der Waals surface area contributed by atoms with Gasteiger partial charge in [-0.3, -0.25) is 47.9 Å². The molecule has 0 saturated heterocycles. The molecule has 0 spiro atoms. The molecule has 0 aliphatic heterocycles. The predicted octanol–water partition coefficient (Wildman–Crippen LogP) is 30.7. The summed E-state index contributed by atoms with van der Waals surface area (Å²) < 4.78 is 4.01. The Hall–Kier alpha value is -8.55. The highest BCUT2D eigenvalue weighted by molar-refractivity contribution is 14.1. The van der Waals surface area contributed by atoms with Crippen molar-refractivity contribution in [1.82, 2.24) is 0 Å². The second-order valence-corrected chi connectivity index (χ2v) is 35.7. The van der Waals surface area contributed by atoms with Crippen LogP contribution in [0.3, 0.4) is 0 Å². The molecule has 0 saturated carbocycles. The molecule has 0 unspecified atom stereocenters. The van der Waals surface area contributed by atoms with Gasteiger partial charge in [-0.25, -0.2) is 0 Å². The molecule has 11 aromatic rings. The predicted molar refractivity (Wildman–Crippen MR) is 510 cm³/mol. The van der Waals surface area contributed by atoms with Gasteiger partial charge in [-0.2, -0.15) is 0 Å². The van der Waals surface area contributed by atoms with Crippen LogP contribution in [0.25, 0.3) is 11.1 Å². The van der Waals surface area contributed by atoms with Crippen LogP contribution in [0.15, 0.2) is 280 Å². The Bertz CT molecular complexity index is 4660. The van der Waals surface area contributed by atoms with Crippen LogP contribution in [-0.4, -0.2) is 60.8 Å². The summed E-state index contributed by atoms with van der Waals surface area (Å²) in [6, 6.07) is 81.8. The number of carbonyl (C=O) groups excluding carboxylic acids is 10. The van der Waals surface area contributed by atoms with E-state index in [0.717, 1.165) is 89.1 Å². The Morgan fingerprint density at radius 2 is 0.703 bits per heavy atom. The summed E-state index contributed by atoms with van der Waals surface area (Å²) in [5.74, 6) is 0.830. The summed E-state index contributed by atoms with van der Waals surface area (Å²) in [5, 5.41) is 2.11. The monoisotopic (exact) mass is 1970 g/mol. The van der Waals surface area contributed by atoms with Crippen molar-refractivity contribution >= 4 is 178 Å². The molecule has 0 atom stereocenters. The van der Waals surface area contributed by atoms with Crippen molar-refractivity contribution in [3.63, 3.8) is 0 Å². The average Bonchev–Trinajstić information content (AvgIpc) is 0.880. The molecule has 0 N–H and O–H groups in total. The van der Waals surface area contributed by atoms with Crippen molar-refractivity contribution in [2.45, 2.75) is 141 Å². The van der Waals surface area contributed by atoms with Gasteiger partial charge >= 0.3 is 0 Å². The molecule has 0 aliphatic rings. The van der Waals surface area contributed by atoms with E-state index < -0.39 is 0 Å². The van der Waals surface area contributed by atoms with E-state index >= 15 is 0 Å². The summed E-state index contributed by atoms with van der Waals surface area (Å²) in [4.78, 5) is 108. The maximum Gasteiger partial charge on any atom is 0.163 e. The maximum atomic E-state index is 11.9. The lowest BCUT2D eigenvalue weighted by molar-refractivity contribution is 0.0930. The summed E-state index contributed by atoms with van der Waals surface area (Å²) in [6.45, 7) is 24.7. The highest BCUT2D eigenvalue weighted by Crippen LogP contribution is 2.26. The minimum absolute atomic E-state index is 0.0597. The van der Waals surface area contributed by atoms with Gasteiger partial charge in [0.2, 0.25) is 0 Å². The summed E-state index contributed by atoms with van der Waals surface area (Å²) in [5.41, 5.74) is 12.1. The Morgan fingerprint density at radius 1 is 0.347 bits per heavy atom. The Kier molecular flexibility index (Phi) is 52.2. The third-order valence-corrected chi connectivity index (χ3v) is 19.8. The van der Waals surface area contributed by atoms with Gasteiger partial charge in [-0.05, 0) is 166 Å². The van der Waals surface area contributed by atoms with Crippen molar-refractivity contribution in [3.05, 3.63) is 371 Å². The molecule has 0 fully saturated rings. The summed E-state index contributed by atoms with van der Waals surface area (Å²) >= 11 is 34.4. The first-order valence-corrected chi connectivity index (χ1v) is 43.0. The Morgan fingerprint density at radius 3 is 1.08 bits per heavy atom. The molecule has 0 aromatic heterocycles. The number of carbonyl (C=O) groups is 10. The van der Waals surface area contributed by atoms with E-state index in [1.54, 1.807) is 85.8 Å². The number of hydrogen-bond acceptors (Lipinski definition) is 10. The molecule has 0 bridgehead atoms. The Balaban J connectivity index is 0.000000447. The van der Waals surface area contributed by atoms with Crippen molar-refractivity contribution in [3.8, 4) is 11.1 Å². The maximum absolute atomic E-state index is 11.9. The zero-order valence-electron chi connectivity index (χ0n) is 68.8. The molecule has 0 aliphatic carbocycles. The number of Topliss-reactive ketones (excluding diaryl/α,β-unsaturated/α-hetero) is 4.